The second-order valence-electron chi connectivity index (χ2n) is 4.16. The average Bonchev–Trinajstić information content (AvgIpc) is 2.78. The Labute approximate surface area is 129 Å². The Bertz CT molecular complexity index is 609. The molecule has 1 atom stereocenters. The maximum Gasteiger partial charge on any atom is 0.212 e. The highest BCUT2D eigenvalue weighted by Gasteiger charge is 2.19. The number of Topliss-reactive ketones (excluding diaryl/α,β-unsaturated/α-hetero) is 1. The first-order valence-corrected chi connectivity index (χ1v) is 7.68. The van der Waals surface area contributed by atoms with Gasteiger partial charge in [0.15, 0.2) is 6.10 Å². The lowest BCUT2D eigenvalue weighted by atomic mass is 10.2. The van der Waals surface area contributed by atoms with Gasteiger partial charge in [0.1, 0.15) is 5.75 Å². The van der Waals surface area contributed by atoms with Crippen LogP contribution in [0.2, 0.25) is 4.34 Å². The van der Waals surface area contributed by atoms with E-state index >= 15 is 0 Å². The fraction of sp³-hybridized carbons (Fsp3) is 0.214. The first-order chi connectivity index (χ1) is 8.97. The molecule has 0 amide bonds. The second-order valence-corrected chi connectivity index (χ2v) is 6.73. The molecular weight excluding hydrogens is 348 g/mol. The number of carbonyl (C=O) groups excluding carboxylic acids is 1. The Morgan fingerprint density at radius 1 is 1.37 bits per heavy atom. The number of aryl methyl sites for hydroxylation is 1. The summed E-state index contributed by atoms with van der Waals surface area (Å²) in [6.07, 6.45) is -0.547. The first kappa shape index (κ1) is 14.6. The van der Waals surface area contributed by atoms with Gasteiger partial charge in [0.05, 0.1) is 13.7 Å². The van der Waals surface area contributed by atoms with Crippen molar-refractivity contribution in [2.45, 2.75) is 20.0 Å². The van der Waals surface area contributed by atoms with Crippen molar-refractivity contribution in [3.05, 3.63) is 49.6 Å². The standard InChI is InChI=1S/C14H12BrClO2S/c1-8-3-4-11(10(15)7-8)18-9(2)14(17)12-5-6-13(16)19-12/h3-7,9H,1-2H3. The highest BCUT2D eigenvalue weighted by molar-refractivity contribution is 9.10. The van der Waals surface area contributed by atoms with E-state index < -0.39 is 6.10 Å². The Hall–Kier alpha value is -0.840. The SMILES string of the molecule is Cc1ccc(OC(C)C(=O)c2ccc(Cl)s2)c(Br)c1. The molecule has 0 saturated carbocycles. The van der Waals surface area contributed by atoms with Crippen molar-refractivity contribution in [1.29, 1.82) is 0 Å². The highest BCUT2D eigenvalue weighted by atomic mass is 79.9. The lowest BCUT2D eigenvalue weighted by Gasteiger charge is -2.14. The molecule has 1 aromatic heterocycles. The Morgan fingerprint density at radius 3 is 2.68 bits per heavy atom. The van der Waals surface area contributed by atoms with Gasteiger partial charge in [0, 0.05) is 0 Å². The van der Waals surface area contributed by atoms with E-state index in [4.69, 9.17) is 16.3 Å². The smallest absolute Gasteiger partial charge is 0.212 e. The van der Waals surface area contributed by atoms with E-state index in [1.807, 2.05) is 25.1 Å². The summed E-state index contributed by atoms with van der Waals surface area (Å²) in [6, 6.07) is 9.19. The number of benzene rings is 1. The van der Waals surface area contributed by atoms with E-state index in [0.29, 0.717) is 15.0 Å². The van der Waals surface area contributed by atoms with Crippen molar-refractivity contribution in [1.82, 2.24) is 0 Å². The minimum atomic E-state index is -0.547. The molecule has 0 N–H and O–H groups in total. The minimum Gasteiger partial charge on any atom is -0.481 e. The molecule has 0 radical (unpaired) electrons. The molecule has 0 saturated heterocycles. The fourth-order valence-electron chi connectivity index (χ4n) is 1.59. The monoisotopic (exact) mass is 358 g/mol. The van der Waals surface area contributed by atoms with Crippen LogP contribution >= 0.6 is 38.9 Å². The zero-order valence-electron chi connectivity index (χ0n) is 10.4. The number of hydrogen-bond donors (Lipinski definition) is 0. The predicted octanol–water partition coefficient (Wildman–Crippen LogP) is 5.12. The second kappa shape index (κ2) is 6.07. The van der Waals surface area contributed by atoms with Gasteiger partial charge < -0.3 is 4.74 Å². The summed E-state index contributed by atoms with van der Waals surface area (Å²) in [6.45, 7) is 3.74. The van der Waals surface area contributed by atoms with Crippen LogP contribution in [0.25, 0.3) is 0 Å². The third-order valence-corrected chi connectivity index (χ3v) is 4.44. The molecule has 0 bridgehead atoms. The third-order valence-electron chi connectivity index (χ3n) is 2.58. The molecule has 2 rings (SSSR count). The van der Waals surface area contributed by atoms with E-state index in [9.17, 15) is 4.79 Å². The van der Waals surface area contributed by atoms with Gasteiger partial charge in [0.2, 0.25) is 5.78 Å². The first-order valence-electron chi connectivity index (χ1n) is 5.69. The van der Waals surface area contributed by atoms with Gasteiger partial charge >= 0.3 is 0 Å². The van der Waals surface area contributed by atoms with Crippen molar-refractivity contribution in [2.24, 2.45) is 0 Å². The summed E-state index contributed by atoms with van der Waals surface area (Å²) in [5.41, 5.74) is 1.13. The molecule has 0 aliphatic rings. The summed E-state index contributed by atoms with van der Waals surface area (Å²) in [5, 5.41) is 0. The molecule has 1 unspecified atom stereocenters. The number of rotatable bonds is 4. The van der Waals surface area contributed by atoms with Crippen LogP contribution in [0.5, 0.6) is 5.75 Å². The molecular formula is C14H12BrClO2S. The van der Waals surface area contributed by atoms with Crippen molar-refractivity contribution in [3.8, 4) is 5.75 Å². The van der Waals surface area contributed by atoms with Crippen LogP contribution in [0, 0.1) is 6.92 Å². The topological polar surface area (TPSA) is 26.3 Å². The number of hydrogen-bond acceptors (Lipinski definition) is 3. The van der Waals surface area contributed by atoms with Gasteiger partial charge in [-0.3, -0.25) is 4.79 Å². The molecule has 2 nitrogen and oxygen atoms in total. The Kier molecular flexibility index (Phi) is 4.66. The summed E-state index contributed by atoms with van der Waals surface area (Å²) in [7, 11) is 0. The average molecular weight is 360 g/mol. The molecule has 1 heterocycles. The van der Waals surface area contributed by atoms with E-state index in [1.165, 1.54) is 11.3 Å². The number of ketones is 1. The lowest BCUT2D eigenvalue weighted by molar-refractivity contribution is 0.0821. The van der Waals surface area contributed by atoms with Gasteiger partial charge in [-0.05, 0) is 59.6 Å². The largest absolute Gasteiger partial charge is 0.481 e. The van der Waals surface area contributed by atoms with Crippen LogP contribution in [-0.4, -0.2) is 11.9 Å². The molecule has 100 valence electrons. The van der Waals surface area contributed by atoms with Crippen molar-refractivity contribution >= 4 is 44.7 Å². The van der Waals surface area contributed by atoms with Gasteiger partial charge in [-0.2, -0.15) is 0 Å². The summed E-state index contributed by atoms with van der Waals surface area (Å²) < 4.78 is 7.14. The number of thiophene rings is 1. The van der Waals surface area contributed by atoms with Crippen molar-refractivity contribution in [3.63, 3.8) is 0 Å². The summed E-state index contributed by atoms with van der Waals surface area (Å²) in [5.74, 6) is 0.596. The van der Waals surface area contributed by atoms with Crippen molar-refractivity contribution in [2.75, 3.05) is 0 Å². The number of halogens is 2. The van der Waals surface area contributed by atoms with Crippen LogP contribution in [0.4, 0.5) is 0 Å². The minimum absolute atomic E-state index is 0.0654. The molecule has 0 aliphatic carbocycles. The van der Waals surface area contributed by atoms with E-state index in [2.05, 4.69) is 15.9 Å². The molecule has 0 spiro atoms. The van der Waals surface area contributed by atoms with Gasteiger partial charge in [-0.1, -0.05) is 17.7 Å². The van der Waals surface area contributed by atoms with E-state index in [-0.39, 0.29) is 5.78 Å². The number of carbonyl (C=O) groups is 1. The quantitative estimate of drug-likeness (QED) is 0.708. The van der Waals surface area contributed by atoms with Gasteiger partial charge in [0.25, 0.3) is 0 Å². The molecule has 0 fully saturated rings. The molecule has 5 heteroatoms. The van der Waals surface area contributed by atoms with Gasteiger partial charge in [-0.25, -0.2) is 0 Å². The highest BCUT2D eigenvalue weighted by Crippen LogP contribution is 2.28. The van der Waals surface area contributed by atoms with Crippen LogP contribution in [0.3, 0.4) is 0 Å². The predicted molar refractivity (Wildman–Crippen MR) is 82.6 cm³/mol. The van der Waals surface area contributed by atoms with Crippen LogP contribution < -0.4 is 4.74 Å². The molecule has 19 heavy (non-hydrogen) atoms. The fourth-order valence-corrected chi connectivity index (χ4v) is 3.24. The summed E-state index contributed by atoms with van der Waals surface area (Å²) >= 11 is 10.5. The third kappa shape index (κ3) is 3.59. The molecule has 2 aromatic rings. The van der Waals surface area contributed by atoms with Gasteiger partial charge in [-0.15, -0.1) is 11.3 Å². The maximum absolute atomic E-state index is 12.2. The molecule has 0 aliphatic heterocycles. The van der Waals surface area contributed by atoms with E-state index in [0.717, 1.165) is 10.0 Å². The lowest BCUT2D eigenvalue weighted by Crippen LogP contribution is -2.23. The Balaban J connectivity index is 2.12. The van der Waals surface area contributed by atoms with Crippen LogP contribution in [0.1, 0.15) is 22.2 Å². The summed E-state index contributed by atoms with van der Waals surface area (Å²) in [4.78, 5) is 12.8. The Morgan fingerprint density at radius 2 is 2.11 bits per heavy atom. The number of ether oxygens (including phenoxy) is 1. The normalized spacial score (nSPS) is 12.2. The van der Waals surface area contributed by atoms with Crippen LogP contribution in [-0.2, 0) is 0 Å². The zero-order valence-corrected chi connectivity index (χ0v) is 13.6. The van der Waals surface area contributed by atoms with Crippen molar-refractivity contribution < 1.29 is 9.53 Å². The van der Waals surface area contributed by atoms with Crippen LogP contribution in [0.15, 0.2) is 34.8 Å². The van der Waals surface area contributed by atoms with E-state index in [1.54, 1.807) is 19.1 Å². The zero-order chi connectivity index (χ0) is 14.0. The molecule has 1 aromatic carbocycles. The maximum atomic E-state index is 12.2.